The summed E-state index contributed by atoms with van der Waals surface area (Å²) in [5, 5.41) is 16.4. The van der Waals surface area contributed by atoms with Gasteiger partial charge in [-0.25, -0.2) is 4.98 Å². The summed E-state index contributed by atoms with van der Waals surface area (Å²) in [6.45, 7) is 18.5. The van der Waals surface area contributed by atoms with Crippen LogP contribution in [0.4, 0.5) is 0 Å². The van der Waals surface area contributed by atoms with E-state index in [2.05, 4.69) is 15.6 Å². The molecule has 0 unspecified atom stereocenters. The van der Waals surface area contributed by atoms with Crippen molar-refractivity contribution >= 4 is 41.6 Å². The smallest absolute Gasteiger partial charge is 0.491 e. The van der Waals surface area contributed by atoms with Crippen LogP contribution in [0.5, 0.6) is 5.75 Å². The molecule has 3 aromatic rings. The highest BCUT2D eigenvalue weighted by atomic mass is 32.1. The maximum atomic E-state index is 13.9. The first kappa shape index (κ1) is 44.3. The Morgan fingerprint density at radius 1 is 0.947 bits per heavy atom. The van der Waals surface area contributed by atoms with Gasteiger partial charge in [-0.2, -0.15) is 0 Å². The van der Waals surface area contributed by atoms with Crippen LogP contribution in [-0.4, -0.2) is 109 Å². The molecule has 2 aliphatic heterocycles. The van der Waals surface area contributed by atoms with E-state index in [4.69, 9.17) is 23.5 Å². The maximum absolute atomic E-state index is 13.9. The monoisotopic (exact) mass is 806 g/mol. The normalized spacial score (nSPS) is 20.0. The van der Waals surface area contributed by atoms with E-state index in [0.717, 1.165) is 27.2 Å². The molecule has 13 nitrogen and oxygen atoms in total. The number of β-amino-alcohol motifs (C(OH)–C–C–N with tert-alkyl or cyclic N) is 1. The number of nitrogens with one attached hydrogen (secondary N) is 2. The van der Waals surface area contributed by atoms with Crippen molar-refractivity contribution in [3.8, 4) is 16.2 Å². The van der Waals surface area contributed by atoms with Gasteiger partial charge >= 0.3 is 7.12 Å². The molecule has 0 saturated carbocycles. The second kappa shape index (κ2) is 18.8. The van der Waals surface area contributed by atoms with E-state index >= 15 is 0 Å². The van der Waals surface area contributed by atoms with Crippen LogP contribution in [0.3, 0.4) is 0 Å². The number of rotatable bonds is 17. The van der Waals surface area contributed by atoms with Gasteiger partial charge in [0.25, 0.3) is 0 Å². The molecule has 0 spiro atoms. The zero-order chi connectivity index (χ0) is 41.5. The van der Waals surface area contributed by atoms with Crippen LogP contribution in [0.2, 0.25) is 0 Å². The van der Waals surface area contributed by atoms with Crippen LogP contribution >= 0.6 is 11.3 Å². The lowest BCUT2D eigenvalue weighted by atomic mass is 9.79. The van der Waals surface area contributed by atoms with Crippen molar-refractivity contribution in [3.63, 3.8) is 0 Å². The van der Waals surface area contributed by atoms with Gasteiger partial charge in [-0.15, -0.1) is 11.3 Å². The Morgan fingerprint density at radius 2 is 1.58 bits per heavy atom. The zero-order valence-corrected chi connectivity index (χ0v) is 35.6. The van der Waals surface area contributed by atoms with Gasteiger partial charge < -0.3 is 44.2 Å². The van der Waals surface area contributed by atoms with Gasteiger partial charge in [0.05, 0.1) is 59.3 Å². The van der Waals surface area contributed by atoms with E-state index in [1.54, 1.807) is 11.3 Å². The summed E-state index contributed by atoms with van der Waals surface area (Å²) in [7, 11) is -0.435. The lowest BCUT2D eigenvalue weighted by Gasteiger charge is -2.35. The lowest BCUT2D eigenvalue weighted by molar-refractivity contribution is -0.142. The predicted molar refractivity (Wildman–Crippen MR) is 220 cm³/mol. The molecule has 2 saturated heterocycles. The third kappa shape index (κ3) is 11.6. The highest BCUT2D eigenvalue weighted by Gasteiger charge is 2.51. The highest BCUT2D eigenvalue weighted by molar-refractivity contribution is 7.13. The Hall–Kier alpha value is -3.86. The molecule has 15 heteroatoms. The molecule has 57 heavy (non-hydrogen) atoms. The average molecular weight is 807 g/mol. The van der Waals surface area contributed by atoms with Crippen LogP contribution in [0, 0.1) is 12.3 Å². The minimum absolute atomic E-state index is 0.0268. The van der Waals surface area contributed by atoms with E-state index in [9.17, 15) is 19.5 Å². The zero-order valence-electron chi connectivity index (χ0n) is 34.8. The van der Waals surface area contributed by atoms with E-state index in [1.165, 1.54) is 4.90 Å². The summed E-state index contributed by atoms with van der Waals surface area (Å²) in [4.78, 5) is 47.1. The molecule has 2 aromatic carbocycles. The SMILES string of the molecule is Cc1ncsc1-c1ccc([C@H](C)NC(=O)C[C@H]2C[C@H](O)CN2C(=O)[C@@H](NC(=O)COCCOCCOc2ccc(B3OC(C)(C)C(C)(C)O3)cc2)C(C)(C)C)cc1. The molecule has 3 amide bonds. The number of thiazole rings is 1. The fraction of sp³-hybridized carbons (Fsp3) is 0.571. The highest BCUT2D eigenvalue weighted by Crippen LogP contribution is 2.36. The number of amides is 3. The van der Waals surface area contributed by atoms with Crippen molar-refractivity contribution in [3.05, 3.63) is 65.3 Å². The van der Waals surface area contributed by atoms with E-state index in [1.807, 2.05) is 116 Å². The minimum atomic E-state index is -0.900. The van der Waals surface area contributed by atoms with E-state index in [0.29, 0.717) is 19.0 Å². The van der Waals surface area contributed by atoms with Gasteiger partial charge in [0, 0.05) is 19.0 Å². The molecule has 310 valence electrons. The topological polar surface area (TPSA) is 158 Å². The van der Waals surface area contributed by atoms with Crippen molar-refractivity contribution in [2.24, 2.45) is 5.41 Å². The van der Waals surface area contributed by atoms with Crippen molar-refractivity contribution in [1.82, 2.24) is 20.5 Å². The van der Waals surface area contributed by atoms with Crippen molar-refractivity contribution in [1.29, 1.82) is 0 Å². The number of aryl methyl sites for hydroxylation is 1. The predicted octanol–water partition coefficient (Wildman–Crippen LogP) is 4.59. The largest absolute Gasteiger partial charge is 0.494 e. The Kier molecular flexibility index (Phi) is 14.6. The molecule has 1 aromatic heterocycles. The summed E-state index contributed by atoms with van der Waals surface area (Å²) in [5.74, 6) is -0.330. The second-order valence-corrected chi connectivity index (χ2v) is 17.8. The van der Waals surface area contributed by atoms with Crippen LogP contribution in [0.15, 0.2) is 54.0 Å². The number of ether oxygens (including phenoxy) is 3. The lowest BCUT2D eigenvalue weighted by Crippen LogP contribution is -2.56. The molecular weight excluding hydrogens is 747 g/mol. The number of aliphatic hydroxyl groups is 1. The number of likely N-dealkylation sites (tertiary alicyclic amines) is 1. The summed E-state index contributed by atoms with van der Waals surface area (Å²) >= 11 is 1.59. The number of carbonyl (C=O) groups excluding carboxylic acids is 3. The molecule has 0 radical (unpaired) electrons. The first-order valence-corrected chi connectivity index (χ1v) is 20.5. The van der Waals surface area contributed by atoms with Crippen LogP contribution in [-0.2, 0) is 33.2 Å². The standard InChI is InChI=1S/C42H59BN4O9S/c1-27(29-10-12-30(13-11-29)37-28(2)44-26-57-37)45-35(49)23-32-22-33(48)24-47(32)39(51)38(40(3,4)5)46-36(50)25-53-19-18-52-20-21-54-34-16-14-31(15-17-34)43-55-41(6,7)42(8,9)56-43/h10-17,26-27,32-33,38,48H,18-25H2,1-9H3,(H,45,49)(H,46,50)/t27-,32+,33-,38+/m0/s1. The Morgan fingerprint density at radius 3 is 2.19 bits per heavy atom. The Bertz CT molecular complexity index is 1800. The second-order valence-electron chi connectivity index (χ2n) is 17.0. The number of aliphatic hydroxyl groups excluding tert-OH is 1. The maximum Gasteiger partial charge on any atom is 0.494 e. The summed E-state index contributed by atoms with van der Waals surface area (Å²) in [5.41, 5.74) is 4.27. The van der Waals surface area contributed by atoms with Crippen molar-refractivity contribution in [2.75, 3.05) is 39.6 Å². The molecule has 0 bridgehead atoms. The van der Waals surface area contributed by atoms with Gasteiger partial charge in [0.1, 0.15) is 25.0 Å². The number of hydrogen-bond donors (Lipinski definition) is 3. The first-order chi connectivity index (χ1) is 26.8. The fourth-order valence-corrected chi connectivity index (χ4v) is 7.59. The van der Waals surface area contributed by atoms with Crippen molar-refractivity contribution in [2.45, 2.75) is 111 Å². The third-order valence-corrected chi connectivity index (χ3v) is 11.8. The van der Waals surface area contributed by atoms with Crippen LogP contribution in [0.1, 0.15) is 85.5 Å². The summed E-state index contributed by atoms with van der Waals surface area (Å²) in [6, 6.07) is 13.9. The molecule has 5 rings (SSSR count). The fourth-order valence-electron chi connectivity index (χ4n) is 6.78. The number of carbonyl (C=O) groups is 3. The Balaban J connectivity index is 1.01. The molecule has 4 atom stereocenters. The van der Waals surface area contributed by atoms with Gasteiger partial charge in [-0.1, -0.05) is 57.2 Å². The molecule has 2 aliphatic rings. The van der Waals surface area contributed by atoms with E-state index in [-0.39, 0.29) is 57.1 Å². The minimum Gasteiger partial charge on any atom is -0.491 e. The third-order valence-electron chi connectivity index (χ3n) is 10.8. The molecule has 3 N–H and O–H groups in total. The molecular formula is C42H59BN4O9S. The number of aromatic nitrogens is 1. The quantitative estimate of drug-likeness (QED) is 0.130. The van der Waals surface area contributed by atoms with Gasteiger partial charge in [0.2, 0.25) is 17.7 Å². The van der Waals surface area contributed by atoms with E-state index < -0.39 is 47.8 Å². The van der Waals surface area contributed by atoms with Crippen molar-refractivity contribution < 1.29 is 43.0 Å². The summed E-state index contributed by atoms with van der Waals surface area (Å²) < 4.78 is 29.2. The van der Waals surface area contributed by atoms with Crippen LogP contribution in [0.25, 0.3) is 10.4 Å². The number of benzene rings is 2. The summed E-state index contributed by atoms with van der Waals surface area (Å²) in [6.07, 6.45) is -0.478. The molecule has 3 heterocycles. The number of hydrogen-bond acceptors (Lipinski definition) is 11. The van der Waals surface area contributed by atoms with Crippen LogP contribution < -0.4 is 20.8 Å². The Labute approximate surface area is 341 Å². The van der Waals surface area contributed by atoms with Gasteiger partial charge in [-0.05, 0) is 82.1 Å². The first-order valence-electron chi connectivity index (χ1n) is 19.7. The average Bonchev–Trinajstić information content (AvgIpc) is 3.80. The molecule has 2 fully saturated rings. The number of nitrogens with zero attached hydrogens (tertiary/aromatic N) is 2. The molecule has 0 aliphatic carbocycles. The van der Waals surface area contributed by atoms with Gasteiger partial charge in [0.15, 0.2) is 0 Å². The van der Waals surface area contributed by atoms with Gasteiger partial charge in [-0.3, -0.25) is 14.4 Å².